The van der Waals surface area contributed by atoms with Crippen LogP contribution < -0.4 is 16.0 Å². The maximum absolute atomic E-state index is 13.5. The molecule has 0 unspecified atom stereocenters. The van der Waals surface area contributed by atoms with E-state index in [4.69, 9.17) is 4.74 Å². The van der Waals surface area contributed by atoms with Crippen LogP contribution in [0.3, 0.4) is 0 Å². The van der Waals surface area contributed by atoms with Crippen LogP contribution in [0, 0.1) is 5.82 Å². The number of ether oxygens (including phenoxy) is 1. The molecule has 1 aromatic rings. The zero-order chi connectivity index (χ0) is 15.7. The first-order valence-corrected chi connectivity index (χ1v) is 6.59. The first-order chi connectivity index (χ1) is 10.0. The summed E-state index contributed by atoms with van der Waals surface area (Å²) < 4.78 is 18.3. The molecule has 3 N–H and O–H groups in total. The number of nitrogens with one attached hydrogen (secondary N) is 3. The Morgan fingerprint density at radius 1 is 1.24 bits per heavy atom. The Balaban J connectivity index is 2.48. The van der Waals surface area contributed by atoms with Crippen molar-refractivity contribution >= 4 is 17.5 Å². The van der Waals surface area contributed by atoms with Gasteiger partial charge in [-0.25, -0.2) is 4.39 Å². The monoisotopic (exact) mass is 297 g/mol. The van der Waals surface area contributed by atoms with Gasteiger partial charge in [-0.2, -0.15) is 0 Å². The molecule has 116 valence electrons. The van der Waals surface area contributed by atoms with Crippen LogP contribution in [-0.4, -0.2) is 45.2 Å². The minimum Gasteiger partial charge on any atom is -0.383 e. The molecule has 2 amide bonds. The van der Waals surface area contributed by atoms with E-state index in [9.17, 15) is 14.0 Å². The SMILES string of the molecule is COCCNCCNC(=O)c1ccc(F)c(NC(C)=O)c1. The summed E-state index contributed by atoms with van der Waals surface area (Å²) >= 11 is 0. The van der Waals surface area contributed by atoms with Crippen LogP contribution in [0.25, 0.3) is 0 Å². The van der Waals surface area contributed by atoms with E-state index in [-0.39, 0.29) is 17.2 Å². The fourth-order valence-electron chi connectivity index (χ4n) is 1.62. The van der Waals surface area contributed by atoms with Crippen LogP contribution >= 0.6 is 0 Å². The molecule has 6 nitrogen and oxygen atoms in total. The highest BCUT2D eigenvalue weighted by Gasteiger charge is 2.10. The van der Waals surface area contributed by atoms with E-state index in [0.717, 1.165) is 6.07 Å². The van der Waals surface area contributed by atoms with Crippen LogP contribution in [0.5, 0.6) is 0 Å². The molecule has 0 atom stereocenters. The first kappa shape index (κ1) is 17.1. The quantitative estimate of drug-likeness (QED) is 0.619. The van der Waals surface area contributed by atoms with Crippen molar-refractivity contribution in [3.63, 3.8) is 0 Å². The van der Waals surface area contributed by atoms with Gasteiger partial charge in [0.1, 0.15) is 5.82 Å². The zero-order valence-corrected chi connectivity index (χ0v) is 12.2. The molecule has 0 fully saturated rings. The topological polar surface area (TPSA) is 79.5 Å². The molecule has 0 saturated heterocycles. The van der Waals surface area contributed by atoms with Gasteiger partial charge in [-0.05, 0) is 18.2 Å². The molecule has 0 aliphatic heterocycles. The zero-order valence-electron chi connectivity index (χ0n) is 12.2. The highest BCUT2D eigenvalue weighted by molar-refractivity contribution is 5.96. The third-order valence-corrected chi connectivity index (χ3v) is 2.61. The molecule has 1 aromatic carbocycles. The standard InChI is InChI=1S/C14H20FN3O3/c1-10(19)18-13-9-11(3-4-12(13)15)14(20)17-6-5-16-7-8-21-2/h3-4,9,16H,5-8H2,1-2H3,(H,17,20)(H,18,19). The van der Waals surface area contributed by atoms with Gasteiger partial charge in [-0.1, -0.05) is 0 Å². The van der Waals surface area contributed by atoms with Crippen molar-refractivity contribution in [1.82, 2.24) is 10.6 Å². The Morgan fingerprint density at radius 2 is 2.00 bits per heavy atom. The van der Waals surface area contributed by atoms with E-state index in [0.29, 0.717) is 26.2 Å². The summed E-state index contributed by atoms with van der Waals surface area (Å²) in [6.07, 6.45) is 0. The van der Waals surface area contributed by atoms with E-state index in [1.54, 1.807) is 7.11 Å². The average molecular weight is 297 g/mol. The van der Waals surface area contributed by atoms with Gasteiger partial charge in [0.2, 0.25) is 5.91 Å². The predicted octanol–water partition coefficient (Wildman–Crippen LogP) is 0.750. The maximum Gasteiger partial charge on any atom is 0.251 e. The smallest absolute Gasteiger partial charge is 0.251 e. The second kappa shape index (κ2) is 9.04. The number of amides is 2. The number of hydrogen-bond acceptors (Lipinski definition) is 4. The molecular weight excluding hydrogens is 277 g/mol. The van der Waals surface area contributed by atoms with Crippen LogP contribution in [0.2, 0.25) is 0 Å². The van der Waals surface area contributed by atoms with Crippen molar-refractivity contribution in [2.45, 2.75) is 6.92 Å². The van der Waals surface area contributed by atoms with Crippen LogP contribution in [-0.2, 0) is 9.53 Å². The van der Waals surface area contributed by atoms with Crippen molar-refractivity contribution in [1.29, 1.82) is 0 Å². The molecule has 0 aromatic heterocycles. The number of anilines is 1. The summed E-state index contributed by atoms with van der Waals surface area (Å²) in [5, 5.41) is 8.12. The normalized spacial score (nSPS) is 10.2. The van der Waals surface area contributed by atoms with Gasteiger partial charge in [0.25, 0.3) is 5.91 Å². The number of hydrogen-bond donors (Lipinski definition) is 3. The summed E-state index contributed by atoms with van der Waals surface area (Å²) in [6, 6.07) is 3.83. The van der Waals surface area contributed by atoms with E-state index >= 15 is 0 Å². The minimum atomic E-state index is -0.581. The molecular formula is C14H20FN3O3. The number of benzene rings is 1. The molecule has 0 spiro atoms. The van der Waals surface area contributed by atoms with E-state index in [2.05, 4.69) is 16.0 Å². The highest BCUT2D eigenvalue weighted by atomic mass is 19.1. The van der Waals surface area contributed by atoms with E-state index in [1.165, 1.54) is 19.1 Å². The van der Waals surface area contributed by atoms with E-state index in [1.807, 2.05) is 0 Å². The highest BCUT2D eigenvalue weighted by Crippen LogP contribution is 2.16. The lowest BCUT2D eigenvalue weighted by Crippen LogP contribution is -2.33. The van der Waals surface area contributed by atoms with Crippen molar-refractivity contribution in [2.75, 3.05) is 38.7 Å². The summed E-state index contributed by atoms with van der Waals surface area (Å²) in [4.78, 5) is 22.8. The van der Waals surface area contributed by atoms with E-state index < -0.39 is 11.7 Å². The minimum absolute atomic E-state index is 0.00614. The fraction of sp³-hybridized carbons (Fsp3) is 0.429. The van der Waals surface area contributed by atoms with Gasteiger partial charge in [0, 0.05) is 39.2 Å². The summed E-state index contributed by atoms with van der Waals surface area (Å²) in [5.74, 6) is -1.30. The summed E-state index contributed by atoms with van der Waals surface area (Å²) in [5.41, 5.74) is 0.283. The second-order valence-corrected chi connectivity index (χ2v) is 4.37. The molecule has 7 heteroatoms. The Kier molecular flexibility index (Phi) is 7.34. The molecule has 0 aliphatic carbocycles. The van der Waals surface area contributed by atoms with Crippen molar-refractivity contribution < 1.29 is 18.7 Å². The summed E-state index contributed by atoms with van der Waals surface area (Å²) in [7, 11) is 1.62. The predicted molar refractivity (Wildman–Crippen MR) is 77.8 cm³/mol. The largest absolute Gasteiger partial charge is 0.383 e. The van der Waals surface area contributed by atoms with Gasteiger partial charge in [-0.15, -0.1) is 0 Å². The van der Waals surface area contributed by atoms with Crippen LogP contribution in [0.4, 0.5) is 10.1 Å². The second-order valence-electron chi connectivity index (χ2n) is 4.37. The molecule has 21 heavy (non-hydrogen) atoms. The Labute approximate surface area is 123 Å². The molecule has 0 radical (unpaired) electrons. The Hall–Kier alpha value is -1.99. The van der Waals surface area contributed by atoms with Gasteiger partial charge in [-0.3, -0.25) is 9.59 Å². The lowest BCUT2D eigenvalue weighted by Gasteiger charge is -2.09. The number of carbonyl (C=O) groups excluding carboxylic acids is 2. The van der Waals surface area contributed by atoms with Crippen molar-refractivity contribution in [3.05, 3.63) is 29.6 Å². The Bertz CT molecular complexity index is 494. The Morgan fingerprint density at radius 3 is 2.67 bits per heavy atom. The number of carbonyl (C=O) groups is 2. The number of rotatable bonds is 8. The molecule has 0 heterocycles. The third-order valence-electron chi connectivity index (χ3n) is 2.61. The maximum atomic E-state index is 13.5. The lowest BCUT2D eigenvalue weighted by atomic mass is 10.1. The van der Waals surface area contributed by atoms with Gasteiger partial charge >= 0.3 is 0 Å². The van der Waals surface area contributed by atoms with Crippen LogP contribution in [0.1, 0.15) is 17.3 Å². The molecule has 1 rings (SSSR count). The molecule has 0 saturated carbocycles. The van der Waals surface area contributed by atoms with Crippen molar-refractivity contribution in [3.8, 4) is 0 Å². The van der Waals surface area contributed by atoms with Gasteiger partial charge < -0.3 is 20.7 Å². The average Bonchev–Trinajstić information content (AvgIpc) is 2.44. The van der Waals surface area contributed by atoms with Gasteiger partial charge in [0.15, 0.2) is 0 Å². The molecule has 0 bridgehead atoms. The van der Waals surface area contributed by atoms with Gasteiger partial charge in [0.05, 0.1) is 12.3 Å². The summed E-state index contributed by atoms with van der Waals surface area (Å²) in [6.45, 7) is 3.63. The number of halogens is 1. The fourth-order valence-corrected chi connectivity index (χ4v) is 1.62. The molecule has 0 aliphatic rings. The third kappa shape index (κ3) is 6.33. The lowest BCUT2D eigenvalue weighted by molar-refractivity contribution is -0.114. The number of methoxy groups -OCH3 is 1. The van der Waals surface area contributed by atoms with Crippen LogP contribution in [0.15, 0.2) is 18.2 Å². The first-order valence-electron chi connectivity index (χ1n) is 6.59. The van der Waals surface area contributed by atoms with Crippen molar-refractivity contribution in [2.24, 2.45) is 0 Å².